The van der Waals surface area contributed by atoms with E-state index >= 15 is 0 Å². The third kappa shape index (κ3) is 3.68. The number of benzene rings is 2. The van der Waals surface area contributed by atoms with Crippen molar-refractivity contribution < 1.29 is 27.4 Å². The first-order valence-electron chi connectivity index (χ1n) is 6.60. The van der Waals surface area contributed by atoms with Crippen molar-refractivity contribution in [3.63, 3.8) is 0 Å². The van der Waals surface area contributed by atoms with Crippen LogP contribution in [0.25, 0.3) is 0 Å². The molecule has 0 heterocycles. The standard InChI is InChI=1S/C15H13BrFNO5S/c1-23-14-7-6-10(8-11(14)16)24(21,22)18(9-15(19)20)13-5-3-2-4-12(13)17/h2-8H,9H2,1H3,(H,19,20). The molecule has 2 aromatic carbocycles. The van der Waals surface area contributed by atoms with E-state index in [1.54, 1.807) is 0 Å². The average Bonchev–Trinajstić information content (AvgIpc) is 2.53. The number of para-hydroxylation sites is 1. The minimum Gasteiger partial charge on any atom is -0.496 e. The van der Waals surface area contributed by atoms with Gasteiger partial charge in [-0.1, -0.05) is 12.1 Å². The van der Waals surface area contributed by atoms with Crippen LogP contribution in [-0.2, 0) is 14.8 Å². The molecular weight excluding hydrogens is 405 g/mol. The van der Waals surface area contributed by atoms with E-state index in [1.165, 1.54) is 43.5 Å². The second-order valence-corrected chi connectivity index (χ2v) is 7.37. The maximum Gasteiger partial charge on any atom is 0.324 e. The maximum absolute atomic E-state index is 14.0. The molecule has 0 atom stereocenters. The van der Waals surface area contributed by atoms with Gasteiger partial charge in [-0.05, 0) is 46.3 Å². The van der Waals surface area contributed by atoms with Gasteiger partial charge in [-0.25, -0.2) is 12.8 Å². The van der Waals surface area contributed by atoms with E-state index in [4.69, 9.17) is 9.84 Å². The van der Waals surface area contributed by atoms with Gasteiger partial charge in [-0.2, -0.15) is 0 Å². The fraction of sp³-hybridized carbons (Fsp3) is 0.133. The Morgan fingerprint density at radius 1 is 1.29 bits per heavy atom. The van der Waals surface area contributed by atoms with E-state index in [9.17, 15) is 17.6 Å². The first kappa shape index (κ1) is 18.2. The van der Waals surface area contributed by atoms with Gasteiger partial charge < -0.3 is 9.84 Å². The van der Waals surface area contributed by atoms with E-state index in [-0.39, 0.29) is 10.6 Å². The fourth-order valence-corrected chi connectivity index (χ4v) is 4.15. The Morgan fingerprint density at radius 2 is 1.96 bits per heavy atom. The molecule has 0 radical (unpaired) electrons. The Bertz CT molecular complexity index is 872. The summed E-state index contributed by atoms with van der Waals surface area (Å²) in [6.07, 6.45) is 0. The van der Waals surface area contributed by atoms with Crippen molar-refractivity contribution in [1.29, 1.82) is 0 Å². The highest BCUT2D eigenvalue weighted by Crippen LogP contribution is 2.31. The molecule has 2 rings (SSSR count). The number of aliphatic carboxylic acids is 1. The van der Waals surface area contributed by atoms with Crippen molar-refractivity contribution in [3.8, 4) is 5.75 Å². The zero-order valence-corrected chi connectivity index (χ0v) is 14.8. The van der Waals surface area contributed by atoms with Gasteiger partial charge in [-0.3, -0.25) is 9.10 Å². The van der Waals surface area contributed by atoms with Crippen LogP contribution in [0.3, 0.4) is 0 Å². The summed E-state index contributed by atoms with van der Waals surface area (Å²) in [5.41, 5.74) is -0.341. The molecule has 0 fully saturated rings. The number of rotatable bonds is 6. The van der Waals surface area contributed by atoms with E-state index in [2.05, 4.69) is 15.9 Å². The van der Waals surface area contributed by atoms with E-state index in [0.29, 0.717) is 14.5 Å². The molecule has 0 bridgehead atoms. The Kier molecular flexibility index (Phi) is 5.45. The summed E-state index contributed by atoms with van der Waals surface area (Å²) in [5, 5.41) is 9.03. The summed E-state index contributed by atoms with van der Waals surface area (Å²) in [5.74, 6) is -1.84. The van der Waals surface area contributed by atoms with Crippen LogP contribution in [0.1, 0.15) is 0 Å². The van der Waals surface area contributed by atoms with Crippen molar-refractivity contribution >= 4 is 37.6 Å². The monoisotopic (exact) mass is 417 g/mol. The molecule has 0 amide bonds. The predicted octanol–water partition coefficient (Wildman–Crippen LogP) is 2.88. The lowest BCUT2D eigenvalue weighted by Gasteiger charge is -2.23. The molecule has 0 aliphatic carbocycles. The first-order chi connectivity index (χ1) is 11.3. The molecule has 1 N–H and O–H groups in total. The Balaban J connectivity index is 2.58. The molecule has 0 aliphatic rings. The number of carboxylic acids is 1. The summed E-state index contributed by atoms with van der Waals surface area (Å²) in [6.45, 7) is -0.910. The van der Waals surface area contributed by atoms with E-state index < -0.39 is 28.4 Å². The highest BCUT2D eigenvalue weighted by Gasteiger charge is 2.29. The van der Waals surface area contributed by atoms with Gasteiger partial charge in [0.15, 0.2) is 0 Å². The smallest absolute Gasteiger partial charge is 0.324 e. The molecule has 128 valence electrons. The molecular formula is C15H13BrFNO5S. The zero-order chi connectivity index (χ0) is 17.9. The third-order valence-corrected chi connectivity index (χ3v) is 5.49. The zero-order valence-electron chi connectivity index (χ0n) is 12.4. The average molecular weight is 418 g/mol. The highest BCUT2D eigenvalue weighted by molar-refractivity contribution is 9.10. The van der Waals surface area contributed by atoms with Crippen molar-refractivity contribution in [3.05, 3.63) is 52.8 Å². The van der Waals surface area contributed by atoms with Gasteiger partial charge in [0.1, 0.15) is 18.1 Å². The lowest BCUT2D eigenvalue weighted by molar-refractivity contribution is -0.135. The summed E-state index contributed by atoms with van der Waals surface area (Å²) >= 11 is 3.17. The summed E-state index contributed by atoms with van der Waals surface area (Å²) in [7, 11) is -2.87. The van der Waals surface area contributed by atoms with Crippen molar-refractivity contribution in [2.45, 2.75) is 4.90 Å². The number of halogens is 2. The molecule has 0 saturated heterocycles. The molecule has 0 unspecified atom stereocenters. The molecule has 2 aromatic rings. The number of nitrogens with zero attached hydrogens (tertiary/aromatic N) is 1. The SMILES string of the molecule is COc1ccc(S(=O)(=O)N(CC(=O)O)c2ccccc2F)cc1Br. The van der Waals surface area contributed by atoms with Gasteiger partial charge in [0.2, 0.25) is 0 Å². The molecule has 0 aliphatic heterocycles. The van der Waals surface area contributed by atoms with Gasteiger partial charge in [0.05, 0.1) is 22.2 Å². The Morgan fingerprint density at radius 3 is 2.50 bits per heavy atom. The largest absolute Gasteiger partial charge is 0.496 e. The quantitative estimate of drug-likeness (QED) is 0.780. The molecule has 24 heavy (non-hydrogen) atoms. The summed E-state index contributed by atoms with van der Waals surface area (Å²) in [4.78, 5) is 10.9. The second kappa shape index (κ2) is 7.18. The number of ether oxygens (including phenoxy) is 1. The van der Waals surface area contributed by atoms with Gasteiger partial charge in [-0.15, -0.1) is 0 Å². The third-order valence-electron chi connectivity index (χ3n) is 3.11. The van der Waals surface area contributed by atoms with Gasteiger partial charge >= 0.3 is 5.97 Å². The Hall–Kier alpha value is -2.13. The van der Waals surface area contributed by atoms with Crippen LogP contribution < -0.4 is 9.04 Å². The number of hydrogen-bond acceptors (Lipinski definition) is 4. The van der Waals surface area contributed by atoms with Crippen LogP contribution >= 0.6 is 15.9 Å². The van der Waals surface area contributed by atoms with Crippen LogP contribution in [0.2, 0.25) is 0 Å². The molecule has 6 nitrogen and oxygen atoms in total. The van der Waals surface area contributed by atoms with Gasteiger partial charge in [0.25, 0.3) is 10.0 Å². The minimum absolute atomic E-state index is 0.195. The lowest BCUT2D eigenvalue weighted by atomic mass is 10.3. The lowest BCUT2D eigenvalue weighted by Crippen LogP contribution is -2.36. The van der Waals surface area contributed by atoms with Crippen molar-refractivity contribution in [2.75, 3.05) is 18.0 Å². The fourth-order valence-electron chi connectivity index (χ4n) is 2.01. The van der Waals surface area contributed by atoms with Crippen LogP contribution in [0.5, 0.6) is 5.75 Å². The van der Waals surface area contributed by atoms with Crippen LogP contribution in [0.4, 0.5) is 10.1 Å². The summed E-state index contributed by atoms with van der Waals surface area (Å²) in [6, 6.07) is 9.01. The number of carbonyl (C=O) groups is 1. The van der Waals surface area contributed by atoms with Crippen LogP contribution in [0, 0.1) is 5.82 Å². The van der Waals surface area contributed by atoms with Crippen LogP contribution in [-0.4, -0.2) is 33.1 Å². The predicted molar refractivity (Wildman–Crippen MR) is 89.3 cm³/mol. The normalized spacial score (nSPS) is 11.1. The Labute approximate surface area is 146 Å². The number of sulfonamides is 1. The molecule has 0 aromatic heterocycles. The van der Waals surface area contributed by atoms with Gasteiger partial charge in [0, 0.05) is 0 Å². The highest BCUT2D eigenvalue weighted by atomic mass is 79.9. The van der Waals surface area contributed by atoms with Crippen molar-refractivity contribution in [2.24, 2.45) is 0 Å². The number of hydrogen-bond donors (Lipinski definition) is 1. The van der Waals surface area contributed by atoms with E-state index in [0.717, 1.165) is 6.07 Å². The summed E-state index contributed by atoms with van der Waals surface area (Å²) < 4.78 is 45.5. The van der Waals surface area contributed by atoms with Crippen molar-refractivity contribution in [1.82, 2.24) is 0 Å². The maximum atomic E-state index is 14.0. The number of carboxylic acid groups (broad SMARTS) is 1. The minimum atomic E-state index is -4.29. The van der Waals surface area contributed by atoms with E-state index in [1.807, 2.05) is 0 Å². The first-order valence-corrected chi connectivity index (χ1v) is 8.83. The molecule has 0 spiro atoms. The topological polar surface area (TPSA) is 83.9 Å². The molecule has 0 saturated carbocycles. The number of anilines is 1. The second-order valence-electron chi connectivity index (χ2n) is 4.65. The van der Waals surface area contributed by atoms with Crippen LogP contribution in [0.15, 0.2) is 51.8 Å². The number of methoxy groups -OCH3 is 1. The molecule has 9 heteroatoms.